The Morgan fingerprint density at radius 3 is 3.12 bits per heavy atom. The number of ether oxygens (including phenoxy) is 2. The number of carbonyl (C=O) groups excluding carboxylic acids is 1. The highest BCUT2D eigenvalue weighted by atomic mass is 16.5. The van der Waals surface area contributed by atoms with Crippen LogP contribution in [0.1, 0.15) is 81.6 Å². The van der Waals surface area contributed by atoms with Gasteiger partial charge in [-0.1, -0.05) is 20.1 Å². The first-order valence-corrected chi connectivity index (χ1v) is 6.65. The molecule has 0 radical (unpaired) electrons. The van der Waals surface area contributed by atoms with Crippen LogP contribution in [-0.2, 0) is 11.2 Å². The first kappa shape index (κ1) is 4.59. The maximum atomic E-state index is 14.1. The fourth-order valence-electron chi connectivity index (χ4n) is 2.04. The standard InChI is InChI=1S/C20H29NO3/c1-5-13(2)8-15-12-21-7-6-14-9-19(23-3)20(24-4)10-16(14)17(21)11-18(15)22/h9-10,13,15,17H,5-8,11-12H2,1-4H3/i2D3,3D3,5D2,6D2,7D2,8D2,9D,10D,11D2,12D2,13D,15D,17D. The first-order valence-electron chi connectivity index (χ1n) is 18.1. The molecule has 0 aromatic heterocycles. The Hall–Kier alpha value is -1.55. The van der Waals surface area contributed by atoms with Gasteiger partial charge in [-0.15, -0.1) is 0 Å². The number of hydrogen-bond acceptors (Lipinski definition) is 4. The van der Waals surface area contributed by atoms with Gasteiger partial charge in [0.25, 0.3) is 0 Å². The van der Waals surface area contributed by atoms with Crippen molar-refractivity contribution in [2.45, 2.75) is 45.3 Å². The van der Waals surface area contributed by atoms with Crippen LogP contribution in [-0.4, -0.2) is 37.8 Å². The predicted molar refractivity (Wildman–Crippen MR) is 94.8 cm³/mol. The summed E-state index contributed by atoms with van der Waals surface area (Å²) >= 11 is 0. The lowest BCUT2D eigenvalue weighted by atomic mass is 9.79. The van der Waals surface area contributed by atoms with E-state index in [2.05, 4.69) is 0 Å². The van der Waals surface area contributed by atoms with Crippen molar-refractivity contribution in [1.82, 2.24) is 4.90 Å². The predicted octanol–water partition coefficient (Wildman–Crippen LogP) is 3.63. The summed E-state index contributed by atoms with van der Waals surface area (Å²) in [5, 5.41) is 0. The minimum Gasteiger partial charge on any atom is -0.493 e. The second kappa shape index (κ2) is 7.14. The van der Waals surface area contributed by atoms with E-state index in [1.807, 2.05) is 0 Å². The van der Waals surface area contributed by atoms with Crippen molar-refractivity contribution in [3.63, 3.8) is 0 Å². The molecule has 0 amide bonds. The quantitative estimate of drug-likeness (QED) is 0.809. The van der Waals surface area contributed by atoms with E-state index >= 15 is 0 Å². The number of nitrogens with zero attached hydrogens (tertiary/aromatic N) is 1. The normalized spacial score (nSPS) is 57.1. The van der Waals surface area contributed by atoms with Crippen LogP contribution in [0.25, 0.3) is 0 Å². The lowest BCUT2D eigenvalue weighted by molar-refractivity contribution is -0.129. The van der Waals surface area contributed by atoms with Gasteiger partial charge in [-0.2, -0.15) is 0 Å². The largest absolute Gasteiger partial charge is 0.493 e. The molecule has 3 atom stereocenters. The number of Topliss-reactive ketones (excluding diaryl/α,β-unsaturated/α-hetero) is 1. The topological polar surface area (TPSA) is 38.8 Å². The van der Waals surface area contributed by atoms with Gasteiger partial charge in [-0.05, 0) is 41.9 Å². The number of carbonyl (C=O) groups is 1. The van der Waals surface area contributed by atoms with Gasteiger partial charge in [0.15, 0.2) is 11.5 Å². The van der Waals surface area contributed by atoms with Crippen molar-refractivity contribution in [1.29, 1.82) is 0 Å². The second-order valence-electron chi connectivity index (χ2n) is 4.58. The lowest BCUT2D eigenvalue weighted by Crippen LogP contribution is -2.46. The van der Waals surface area contributed by atoms with Crippen LogP contribution in [0.15, 0.2) is 12.1 Å². The molecule has 1 aromatic carbocycles. The van der Waals surface area contributed by atoms with Crippen molar-refractivity contribution in [3.8, 4) is 11.5 Å². The number of piperidine rings is 1. The van der Waals surface area contributed by atoms with Gasteiger partial charge >= 0.3 is 0 Å². The summed E-state index contributed by atoms with van der Waals surface area (Å²) in [5.41, 5.74) is -2.95. The van der Waals surface area contributed by atoms with Crippen molar-refractivity contribution < 1.29 is 45.8 Å². The molecule has 0 bridgehead atoms. The van der Waals surface area contributed by atoms with E-state index in [0.717, 1.165) is 7.11 Å². The molecule has 24 heavy (non-hydrogen) atoms. The molecule has 1 fully saturated rings. The number of methoxy groups -OCH3 is 2. The average Bonchev–Trinajstić information content (AvgIpc) is 2.84. The molecule has 3 unspecified atom stereocenters. The molecule has 0 N–H and O–H groups in total. The fraction of sp³-hybridized carbons (Fsp3) is 0.650. The van der Waals surface area contributed by atoms with Crippen molar-refractivity contribution in [3.05, 3.63) is 23.2 Å². The summed E-state index contributed by atoms with van der Waals surface area (Å²) in [6.45, 7) is -12.6. The first-order chi connectivity index (χ1) is 20.4. The van der Waals surface area contributed by atoms with Gasteiger partial charge in [-0.25, -0.2) is 0 Å². The smallest absolute Gasteiger partial charge is 0.161 e. The van der Waals surface area contributed by atoms with Crippen LogP contribution in [0, 0.1) is 11.8 Å². The van der Waals surface area contributed by atoms with E-state index in [1.165, 1.54) is 0 Å². The van der Waals surface area contributed by atoms with Crippen molar-refractivity contribution in [2.24, 2.45) is 11.8 Å². The summed E-state index contributed by atoms with van der Waals surface area (Å²) in [6.07, 6.45) is -16.5. The molecule has 2 aliphatic rings. The Bertz CT molecular complexity index is 1480. The molecular formula is C20H29NO3. The molecular weight excluding hydrogens is 302 g/mol. The van der Waals surface area contributed by atoms with E-state index in [4.69, 9.17) is 39.6 Å². The van der Waals surface area contributed by atoms with Crippen LogP contribution < -0.4 is 9.47 Å². The SMILES string of the molecule is [2H]c1c(OC([2H])([2H])[2H])c(OC)c([2H])c2c1C([2H])([2H])C([2H])([2H])N1C([2H])([2H])C([2H])(C([2H])([2H])C([2H])(C([2H])([2H])[2H])C([2H])([2H])C)C(=O)C([2H])([2H])C21[2H]. The molecule has 2 aliphatic heterocycles. The molecule has 132 valence electrons. The van der Waals surface area contributed by atoms with Crippen LogP contribution >= 0.6 is 0 Å². The number of fused-ring (bicyclic) bond motifs is 3. The van der Waals surface area contributed by atoms with E-state index in [-0.39, 0.29) is 0 Å². The summed E-state index contributed by atoms with van der Waals surface area (Å²) in [4.78, 5) is 13.4. The third kappa shape index (κ3) is 3.16. The highest BCUT2D eigenvalue weighted by molar-refractivity contribution is 5.83. The van der Waals surface area contributed by atoms with Crippen LogP contribution in [0.4, 0.5) is 0 Å². The molecule has 2 heterocycles. The molecule has 0 saturated carbocycles. The van der Waals surface area contributed by atoms with Gasteiger partial charge in [0.1, 0.15) is 5.78 Å². The van der Waals surface area contributed by atoms with Gasteiger partial charge < -0.3 is 9.47 Å². The molecule has 4 heteroatoms. The number of benzene rings is 1. The molecule has 4 nitrogen and oxygen atoms in total. The van der Waals surface area contributed by atoms with Crippen molar-refractivity contribution >= 4 is 5.78 Å². The number of ketones is 1. The Morgan fingerprint density at radius 1 is 1.58 bits per heavy atom. The zero-order valence-electron chi connectivity index (χ0n) is 35.7. The fourth-order valence-corrected chi connectivity index (χ4v) is 2.04. The number of hydrogen-bond donors (Lipinski definition) is 0. The Balaban J connectivity index is 2.68. The molecule has 0 aliphatic carbocycles. The Labute approximate surface area is 177 Å². The number of rotatable bonds is 5. The maximum absolute atomic E-state index is 14.1. The van der Waals surface area contributed by atoms with Gasteiger partial charge in [0, 0.05) is 54.6 Å². The lowest BCUT2D eigenvalue weighted by Gasteiger charge is -2.43. The van der Waals surface area contributed by atoms with Crippen LogP contribution in [0.2, 0.25) is 0 Å². The van der Waals surface area contributed by atoms with Gasteiger partial charge in [0.05, 0.1) is 22.4 Å². The third-order valence-corrected chi connectivity index (χ3v) is 3.18. The zero-order chi connectivity index (χ0) is 37.5. The minimum absolute atomic E-state index is 0.363. The minimum atomic E-state index is -4.69. The van der Waals surface area contributed by atoms with Crippen LogP contribution in [0.3, 0.4) is 0 Å². The van der Waals surface area contributed by atoms with E-state index in [9.17, 15) is 6.17 Å². The Morgan fingerprint density at radius 2 is 2.42 bits per heavy atom. The van der Waals surface area contributed by atoms with Gasteiger partial charge in [-0.3, -0.25) is 9.69 Å². The highest BCUT2D eigenvalue weighted by Gasteiger charge is 2.38. The van der Waals surface area contributed by atoms with E-state index in [0.29, 0.717) is 6.92 Å². The Kier molecular flexibility index (Phi) is 1.36. The third-order valence-electron chi connectivity index (χ3n) is 3.18. The average molecular weight is 355 g/mol. The monoisotopic (exact) mass is 354 g/mol. The second-order valence-corrected chi connectivity index (χ2v) is 4.58. The van der Waals surface area contributed by atoms with Crippen molar-refractivity contribution in [2.75, 3.05) is 27.1 Å². The molecule has 3 rings (SSSR count). The molecule has 0 spiro atoms. The van der Waals surface area contributed by atoms with E-state index in [1.54, 1.807) is 0 Å². The van der Waals surface area contributed by atoms with Gasteiger partial charge in [0.2, 0.25) is 0 Å². The highest BCUT2D eigenvalue weighted by Crippen LogP contribution is 2.42. The summed E-state index contributed by atoms with van der Waals surface area (Å²) in [7, 11) is -2.63. The van der Waals surface area contributed by atoms with E-state index < -0.39 is 116 Å². The summed E-state index contributed by atoms with van der Waals surface area (Å²) < 4.78 is 203. The summed E-state index contributed by atoms with van der Waals surface area (Å²) in [5.74, 6) is -13.9. The molecule has 1 aromatic rings. The molecule has 1 saturated heterocycles. The maximum Gasteiger partial charge on any atom is 0.161 e. The zero-order valence-corrected chi connectivity index (χ0v) is 12.7. The van der Waals surface area contributed by atoms with Crippen LogP contribution in [0.5, 0.6) is 11.5 Å². The summed E-state index contributed by atoms with van der Waals surface area (Å²) in [6, 6.07) is -6.90.